The molecule has 8 heteroatoms. The zero-order chi connectivity index (χ0) is 15.9. The number of ether oxygens (including phenoxy) is 1. The minimum Gasteiger partial charge on any atom is -0.391 e. The van der Waals surface area contributed by atoms with Crippen LogP contribution in [0.1, 0.15) is 18.8 Å². The number of rotatable bonds is 2. The maximum Gasteiger partial charge on any atom is 0.330 e. The number of aromatic nitrogens is 2. The van der Waals surface area contributed by atoms with Crippen LogP contribution >= 0.6 is 0 Å². The molecular formula is C13H16N2O6. The maximum atomic E-state index is 11.9. The molecule has 0 spiro atoms. The van der Waals surface area contributed by atoms with Gasteiger partial charge in [-0.1, -0.05) is 5.92 Å². The van der Waals surface area contributed by atoms with Crippen molar-refractivity contribution < 1.29 is 20.1 Å². The van der Waals surface area contributed by atoms with Gasteiger partial charge in [-0.2, -0.15) is 0 Å². The Bertz CT molecular complexity index is 700. The number of H-pyrrole nitrogens is 1. The lowest BCUT2D eigenvalue weighted by atomic mass is 9.93. The average molecular weight is 296 g/mol. The van der Waals surface area contributed by atoms with E-state index < -0.39 is 41.4 Å². The molecule has 5 atom stereocenters. The standard InChI is InChI=1S/C13H16N2O6/c1-4-13(20)10(18)9(7(3)16)21-11(13)15-6(2)5-8(17)14-12(15)19/h1,5,7,9-11,16,18,20H,2-3H3,(H,14,17,19)/t7-,9-,10+,11-,13?/m1/s1. The highest BCUT2D eigenvalue weighted by atomic mass is 16.6. The highest BCUT2D eigenvalue weighted by Crippen LogP contribution is 2.38. The number of hydrogen-bond acceptors (Lipinski definition) is 6. The fourth-order valence-electron chi connectivity index (χ4n) is 2.43. The molecular weight excluding hydrogens is 280 g/mol. The summed E-state index contributed by atoms with van der Waals surface area (Å²) >= 11 is 0. The predicted molar refractivity (Wildman–Crippen MR) is 71.4 cm³/mol. The summed E-state index contributed by atoms with van der Waals surface area (Å²) in [5.41, 5.74) is -3.46. The normalized spacial score (nSPS) is 33.6. The van der Waals surface area contributed by atoms with Crippen LogP contribution in [0.25, 0.3) is 0 Å². The van der Waals surface area contributed by atoms with E-state index in [0.29, 0.717) is 0 Å². The van der Waals surface area contributed by atoms with Gasteiger partial charge in [0, 0.05) is 11.8 Å². The number of terminal acetylenes is 1. The van der Waals surface area contributed by atoms with E-state index in [1.165, 1.54) is 13.8 Å². The van der Waals surface area contributed by atoms with Crippen LogP contribution in [-0.2, 0) is 4.74 Å². The number of aryl methyl sites for hydroxylation is 1. The van der Waals surface area contributed by atoms with Gasteiger partial charge in [0.05, 0.1) is 6.10 Å². The Balaban J connectivity index is 2.61. The summed E-state index contributed by atoms with van der Waals surface area (Å²) in [6.45, 7) is 2.81. The van der Waals surface area contributed by atoms with E-state index in [4.69, 9.17) is 11.2 Å². The summed E-state index contributed by atoms with van der Waals surface area (Å²) in [6, 6.07) is 1.13. The van der Waals surface area contributed by atoms with Crippen LogP contribution < -0.4 is 11.2 Å². The lowest BCUT2D eigenvalue weighted by molar-refractivity contribution is -0.0892. The third kappa shape index (κ3) is 2.30. The molecule has 2 rings (SSSR count). The van der Waals surface area contributed by atoms with Crippen LogP contribution in [0.2, 0.25) is 0 Å². The van der Waals surface area contributed by atoms with E-state index in [1.807, 2.05) is 10.9 Å². The first kappa shape index (κ1) is 15.5. The molecule has 114 valence electrons. The molecule has 2 heterocycles. The van der Waals surface area contributed by atoms with Gasteiger partial charge in [0.25, 0.3) is 5.56 Å². The number of nitrogens with zero attached hydrogens (tertiary/aromatic N) is 1. The molecule has 0 bridgehead atoms. The predicted octanol–water partition coefficient (Wildman–Crippen LogP) is -2.15. The molecule has 1 fully saturated rings. The highest BCUT2D eigenvalue weighted by Gasteiger charge is 2.57. The first-order valence-electron chi connectivity index (χ1n) is 6.26. The van der Waals surface area contributed by atoms with Crippen molar-refractivity contribution in [3.63, 3.8) is 0 Å². The van der Waals surface area contributed by atoms with E-state index in [-0.39, 0.29) is 5.69 Å². The molecule has 1 aromatic heterocycles. The van der Waals surface area contributed by atoms with E-state index in [1.54, 1.807) is 0 Å². The fraction of sp³-hybridized carbons (Fsp3) is 0.538. The van der Waals surface area contributed by atoms with Crippen molar-refractivity contribution in [3.05, 3.63) is 32.6 Å². The molecule has 4 N–H and O–H groups in total. The van der Waals surface area contributed by atoms with E-state index in [2.05, 4.69) is 0 Å². The Labute approximate surface area is 119 Å². The van der Waals surface area contributed by atoms with Gasteiger partial charge in [-0.15, -0.1) is 6.42 Å². The lowest BCUT2D eigenvalue weighted by Gasteiger charge is -2.27. The van der Waals surface area contributed by atoms with Crippen molar-refractivity contribution in [2.75, 3.05) is 0 Å². The lowest BCUT2D eigenvalue weighted by Crippen LogP contribution is -2.49. The Kier molecular flexibility index (Phi) is 3.78. The largest absolute Gasteiger partial charge is 0.391 e. The van der Waals surface area contributed by atoms with Crippen molar-refractivity contribution in [2.45, 2.75) is 44.0 Å². The number of aliphatic hydroxyl groups excluding tert-OH is 2. The monoisotopic (exact) mass is 296 g/mol. The molecule has 0 amide bonds. The minimum absolute atomic E-state index is 0.195. The van der Waals surface area contributed by atoms with E-state index >= 15 is 0 Å². The summed E-state index contributed by atoms with van der Waals surface area (Å²) in [6.07, 6.45) is -0.0450. The third-order valence-corrected chi connectivity index (χ3v) is 3.53. The second-order valence-corrected chi connectivity index (χ2v) is 5.06. The zero-order valence-corrected chi connectivity index (χ0v) is 11.5. The van der Waals surface area contributed by atoms with Crippen LogP contribution in [0.5, 0.6) is 0 Å². The molecule has 1 unspecified atom stereocenters. The maximum absolute atomic E-state index is 11.9. The average Bonchev–Trinajstić information content (AvgIpc) is 2.63. The molecule has 0 saturated carbocycles. The van der Waals surface area contributed by atoms with E-state index in [0.717, 1.165) is 10.6 Å². The topological polar surface area (TPSA) is 125 Å². The van der Waals surface area contributed by atoms with Crippen molar-refractivity contribution in [2.24, 2.45) is 0 Å². The Hall–Kier alpha value is -1.92. The summed E-state index contributed by atoms with van der Waals surface area (Å²) < 4.78 is 6.32. The van der Waals surface area contributed by atoms with Gasteiger partial charge in [0.15, 0.2) is 11.8 Å². The quantitative estimate of drug-likeness (QED) is 0.461. The van der Waals surface area contributed by atoms with Crippen molar-refractivity contribution in [1.29, 1.82) is 0 Å². The van der Waals surface area contributed by atoms with Gasteiger partial charge in [-0.3, -0.25) is 14.3 Å². The fourth-order valence-corrected chi connectivity index (χ4v) is 2.43. The second kappa shape index (κ2) is 5.13. The van der Waals surface area contributed by atoms with Crippen molar-refractivity contribution in [3.8, 4) is 12.3 Å². The van der Waals surface area contributed by atoms with Gasteiger partial charge in [-0.05, 0) is 13.8 Å². The van der Waals surface area contributed by atoms with Gasteiger partial charge >= 0.3 is 5.69 Å². The van der Waals surface area contributed by atoms with E-state index in [9.17, 15) is 24.9 Å². The molecule has 1 aromatic rings. The number of hydrogen-bond donors (Lipinski definition) is 4. The second-order valence-electron chi connectivity index (χ2n) is 5.06. The van der Waals surface area contributed by atoms with Crippen LogP contribution in [0.4, 0.5) is 0 Å². The summed E-state index contributed by atoms with van der Waals surface area (Å²) in [7, 11) is 0. The first-order valence-corrected chi connectivity index (χ1v) is 6.26. The first-order chi connectivity index (χ1) is 9.72. The molecule has 0 radical (unpaired) electrons. The molecule has 1 aliphatic heterocycles. The molecule has 1 saturated heterocycles. The summed E-state index contributed by atoms with van der Waals surface area (Å²) in [5, 5.41) is 30.1. The number of nitrogens with one attached hydrogen (secondary N) is 1. The van der Waals surface area contributed by atoms with Crippen molar-refractivity contribution >= 4 is 0 Å². The molecule has 0 aromatic carbocycles. The summed E-state index contributed by atoms with van der Waals surface area (Å²) in [5.74, 6) is 2.01. The molecule has 8 nitrogen and oxygen atoms in total. The zero-order valence-electron chi connectivity index (χ0n) is 11.5. The highest BCUT2D eigenvalue weighted by molar-refractivity contribution is 5.21. The molecule has 0 aliphatic carbocycles. The number of aliphatic hydroxyl groups is 3. The Morgan fingerprint density at radius 1 is 1.57 bits per heavy atom. The van der Waals surface area contributed by atoms with Crippen LogP contribution in [0, 0.1) is 19.3 Å². The molecule has 1 aliphatic rings. The Morgan fingerprint density at radius 3 is 2.67 bits per heavy atom. The SMILES string of the molecule is C#CC1(O)[C@@H](O)[C@@H]([C@@H](C)O)O[C@H]1n1c(C)cc(=O)[nH]c1=O. The Morgan fingerprint density at radius 2 is 2.19 bits per heavy atom. The van der Waals surface area contributed by atoms with Crippen LogP contribution in [-0.4, -0.2) is 48.8 Å². The van der Waals surface area contributed by atoms with Crippen LogP contribution in [0.3, 0.4) is 0 Å². The van der Waals surface area contributed by atoms with Crippen LogP contribution in [0.15, 0.2) is 15.7 Å². The summed E-state index contributed by atoms with van der Waals surface area (Å²) in [4.78, 5) is 25.2. The van der Waals surface area contributed by atoms with Crippen molar-refractivity contribution in [1.82, 2.24) is 9.55 Å². The smallest absolute Gasteiger partial charge is 0.330 e. The molecule has 21 heavy (non-hydrogen) atoms. The van der Waals surface area contributed by atoms with Gasteiger partial charge in [0.1, 0.15) is 12.2 Å². The van der Waals surface area contributed by atoms with Gasteiger partial charge in [0.2, 0.25) is 0 Å². The van der Waals surface area contributed by atoms with Gasteiger partial charge in [-0.25, -0.2) is 4.79 Å². The van der Waals surface area contributed by atoms with Gasteiger partial charge < -0.3 is 20.1 Å². The third-order valence-electron chi connectivity index (χ3n) is 3.53. The minimum atomic E-state index is -2.21. The number of aromatic amines is 1.